The maximum Gasteiger partial charge on any atom is 2.00 e. The van der Waals surface area contributed by atoms with E-state index in [9.17, 15) is 19.8 Å². The first-order valence-corrected chi connectivity index (χ1v) is 15.8. The van der Waals surface area contributed by atoms with E-state index in [0.29, 0.717) is 74.7 Å². The summed E-state index contributed by atoms with van der Waals surface area (Å²) in [7, 11) is 0. The molecule has 248 valence electrons. The first-order valence-electron chi connectivity index (χ1n) is 15.8. The van der Waals surface area contributed by atoms with Gasteiger partial charge in [-0.15, -0.1) is 0 Å². The van der Waals surface area contributed by atoms with E-state index >= 15 is 0 Å². The zero-order valence-corrected chi connectivity index (χ0v) is 27.6. The predicted octanol–water partition coefficient (Wildman–Crippen LogP) is 5.43. The summed E-state index contributed by atoms with van der Waals surface area (Å²) in [5.41, 5.74) is 5.33. The third kappa shape index (κ3) is 8.60. The molecule has 0 aliphatic carbocycles. The van der Waals surface area contributed by atoms with Crippen LogP contribution in [-0.2, 0) is 51.6 Å². The topological polar surface area (TPSA) is 117 Å². The zero-order chi connectivity index (χ0) is 32.5. The average molecular weight is 681 g/mol. The van der Waals surface area contributed by atoms with E-state index in [1.165, 1.54) is 0 Å². The van der Waals surface area contributed by atoms with Crippen molar-refractivity contribution in [1.82, 2.24) is 0 Å². The Kier molecular flexibility index (Phi) is 13.0. The minimum atomic E-state index is -1.16. The van der Waals surface area contributed by atoms with Crippen molar-refractivity contribution < 1.29 is 55.2 Å². The number of fused-ring (bicyclic) bond motifs is 4. The second kappa shape index (κ2) is 17.1. The fourth-order valence-electron chi connectivity index (χ4n) is 5.80. The Labute approximate surface area is 285 Å². The molecule has 4 aromatic carbocycles. The predicted molar refractivity (Wildman–Crippen MR) is 170 cm³/mol. The molecule has 0 bridgehead atoms. The third-order valence-corrected chi connectivity index (χ3v) is 7.97. The maximum atomic E-state index is 11.7. The van der Waals surface area contributed by atoms with Gasteiger partial charge >= 0.3 is 16.5 Å². The van der Waals surface area contributed by atoms with Gasteiger partial charge in [-0.25, -0.2) is 0 Å². The number of carboxylic acid groups (broad SMARTS) is 2. The summed E-state index contributed by atoms with van der Waals surface area (Å²) in [6.07, 6.45) is 4.08. The number of hydrogen-bond acceptors (Lipinski definition) is 8. The van der Waals surface area contributed by atoms with Gasteiger partial charge in [0.1, 0.15) is 23.0 Å². The number of benzene rings is 4. The standard InChI is InChI=1S/2C19H20O4.Ni/c2*1-2-10-22-11-9-13-7-8-17-15(18(13)19(20)21)12-14-5-3-4-6-16(14)23-17;/h2*3-8H,2,9-12H2,1H3,(H,20,21);/q;;+2/p-2. The largest absolute Gasteiger partial charge is 2.00 e. The van der Waals surface area contributed by atoms with Gasteiger partial charge in [0.05, 0.1) is 25.2 Å². The molecule has 0 radical (unpaired) electrons. The summed E-state index contributed by atoms with van der Waals surface area (Å²) in [4.78, 5) is 23.4. The molecule has 2 heterocycles. The van der Waals surface area contributed by atoms with Crippen LogP contribution in [0.4, 0.5) is 0 Å². The first kappa shape index (κ1) is 35.7. The van der Waals surface area contributed by atoms with Crippen molar-refractivity contribution in [3.8, 4) is 23.0 Å². The Morgan fingerprint density at radius 3 is 1.38 bits per heavy atom. The third-order valence-electron chi connectivity index (χ3n) is 7.97. The summed E-state index contributed by atoms with van der Waals surface area (Å²) in [6.45, 7) is 6.46. The number of rotatable bonds is 12. The van der Waals surface area contributed by atoms with Gasteiger partial charge in [0.2, 0.25) is 0 Å². The number of ether oxygens (including phenoxy) is 4. The van der Waals surface area contributed by atoms with Crippen LogP contribution in [0.3, 0.4) is 0 Å². The van der Waals surface area contributed by atoms with Crippen molar-refractivity contribution in [3.63, 3.8) is 0 Å². The molecule has 0 saturated heterocycles. The molecule has 0 fully saturated rings. The van der Waals surface area contributed by atoms with Gasteiger partial charge in [0, 0.05) is 48.3 Å². The number of carboxylic acids is 2. The van der Waals surface area contributed by atoms with Crippen LogP contribution in [-0.4, -0.2) is 38.4 Å². The monoisotopic (exact) mass is 680 g/mol. The molecular formula is C38H38NiO8. The van der Waals surface area contributed by atoms with Crippen LogP contribution >= 0.6 is 0 Å². The van der Waals surface area contributed by atoms with Gasteiger partial charge in [-0.3, -0.25) is 0 Å². The number of para-hydroxylation sites is 2. The minimum absolute atomic E-state index is 0. The molecule has 0 unspecified atom stereocenters. The summed E-state index contributed by atoms with van der Waals surface area (Å²) in [5.74, 6) is 0.444. The fraction of sp³-hybridized carbons (Fsp3) is 0.316. The number of carbonyl (C=O) groups is 2. The maximum absolute atomic E-state index is 11.7. The van der Waals surface area contributed by atoms with Gasteiger partial charge in [0.25, 0.3) is 0 Å². The van der Waals surface area contributed by atoms with Crippen molar-refractivity contribution in [2.24, 2.45) is 0 Å². The van der Waals surface area contributed by atoms with E-state index in [0.717, 1.165) is 46.6 Å². The Morgan fingerprint density at radius 1 is 0.596 bits per heavy atom. The van der Waals surface area contributed by atoms with Gasteiger partial charge < -0.3 is 38.7 Å². The van der Waals surface area contributed by atoms with Crippen LogP contribution in [0, 0.1) is 0 Å². The molecule has 0 saturated carbocycles. The molecule has 9 heteroatoms. The van der Waals surface area contributed by atoms with Gasteiger partial charge in [-0.1, -0.05) is 62.4 Å². The van der Waals surface area contributed by atoms with Crippen LogP contribution in [0.15, 0.2) is 72.8 Å². The molecule has 2 aliphatic heterocycles. The van der Waals surface area contributed by atoms with E-state index < -0.39 is 11.9 Å². The van der Waals surface area contributed by atoms with Crippen LogP contribution in [0.2, 0.25) is 0 Å². The minimum Gasteiger partial charge on any atom is -0.545 e. The summed E-state index contributed by atoms with van der Waals surface area (Å²) >= 11 is 0. The molecule has 0 aromatic heterocycles. The number of hydrogen-bond donors (Lipinski definition) is 0. The molecule has 2 aliphatic rings. The van der Waals surface area contributed by atoms with Crippen LogP contribution in [0.25, 0.3) is 0 Å². The molecule has 0 spiro atoms. The van der Waals surface area contributed by atoms with Crippen molar-refractivity contribution in [2.75, 3.05) is 26.4 Å². The summed E-state index contributed by atoms with van der Waals surface area (Å²) in [6, 6.07) is 22.6. The smallest absolute Gasteiger partial charge is 0.545 e. The van der Waals surface area contributed by atoms with E-state index in [1.807, 2.05) is 74.5 Å². The zero-order valence-electron chi connectivity index (χ0n) is 26.6. The number of aromatic carboxylic acids is 2. The van der Waals surface area contributed by atoms with Gasteiger partial charge in [-0.05, 0) is 72.2 Å². The average Bonchev–Trinajstić information content (AvgIpc) is 3.06. The van der Waals surface area contributed by atoms with Crippen molar-refractivity contribution in [1.29, 1.82) is 0 Å². The normalized spacial score (nSPS) is 12.0. The molecule has 47 heavy (non-hydrogen) atoms. The van der Waals surface area contributed by atoms with Crippen LogP contribution < -0.4 is 19.7 Å². The molecule has 4 aromatic rings. The molecule has 6 rings (SSSR count). The van der Waals surface area contributed by atoms with E-state index in [-0.39, 0.29) is 27.6 Å². The van der Waals surface area contributed by atoms with E-state index in [1.54, 1.807) is 12.1 Å². The second-order valence-corrected chi connectivity index (χ2v) is 11.2. The first-order chi connectivity index (χ1) is 22.4. The molecule has 0 amide bonds. The Bertz CT molecular complexity index is 1570. The second-order valence-electron chi connectivity index (χ2n) is 11.2. The van der Waals surface area contributed by atoms with Gasteiger partial charge in [0.15, 0.2) is 0 Å². The molecular weight excluding hydrogens is 643 g/mol. The quantitative estimate of drug-likeness (QED) is 0.124. The van der Waals surface area contributed by atoms with Crippen LogP contribution in [0.5, 0.6) is 23.0 Å². The SMILES string of the molecule is CCCOCCc1ccc2c(c1C(=O)[O-])Cc1ccccc1O2.CCCOCCc1ccc2c(c1C(=O)[O-])Cc1ccccc1O2.[Ni+2]. The van der Waals surface area contributed by atoms with Crippen LogP contribution in [0.1, 0.15) is 80.8 Å². The Morgan fingerprint density at radius 2 is 1.00 bits per heavy atom. The molecule has 0 atom stereocenters. The summed E-state index contributed by atoms with van der Waals surface area (Å²) in [5, 5.41) is 23.4. The van der Waals surface area contributed by atoms with Gasteiger partial charge in [-0.2, -0.15) is 0 Å². The molecule has 8 nitrogen and oxygen atoms in total. The fourth-order valence-corrected chi connectivity index (χ4v) is 5.80. The van der Waals surface area contributed by atoms with E-state index in [4.69, 9.17) is 18.9 Å². The summed E-state index contributed by atoms with van der Waals surface area (Å²) < 4.78 is 22.6. The number of carbonyl (C=O) groups excluding carboxylic acids is 2. The van der Waals surface area contributed by atoms with Crippen molar-refractivity contribution in [3.05, 3.63) is 117 Å². The van der Waals surface area contributed by atoms with E-state index in [2.05, 4.69) is 0 Å². The Hall–Kier alpha value is -4.17. The van der Waals surface area contributed by atoms with Crippen molar-refractivity contribution >= 4 is 11.9 Å². The molecule has 0 N–H and O–H groups in total. The van der Waals surface area contributed by atoms with Crippen molar-refractivity contribution in [2.45, 2.75) is 52.4 Å². The Balaban J connectivity index is 0.000000208.